The van der Waals surface area contributed by atoms with Gasteiger partial charge in [-0.1, -0.05) is 60.8 Å². The van der Waals surface area contributed by atoms with Crippen LogP contribution in [0.4, 0.5) is 0 Å². The van der Waals surface area contributed by atoms with E-state index in [0.29, 0.717) is 0 Å². The van der Waals surface area contributed by atoms with Crippen molar-refractivity contribution in [1.29, 1.82) is 0 Å². The first-order valence-electron chi connectivity index (χ1n) is 6.52. The van der Waals surface area contributed by atoms with E-state index in [4.69, 9.17) is 0 Å². The molecule has 3 atom stereocenters. The van der Waals surface area contributed by atoms with Crippen LogP contribution in [0.3, 0.4) is 0 Å². The second-order valence-electron chi connectivity index (χ2n) is 5.40. The zero-order valence-corrected chi connectivity index (χ0v) is 11.1. The third-order valence-corrected chi connectivity index (χ3v) is 3.86. The van der Waals surface area contributed by atoms with Gasteiger partial charge in [0.2, 0.25) is 0 Å². The van der Waals surface area contributed by atoms with Crippen molar-refractivity contribution < 1.29 is 0 Å². The van der Waals surface area contributed by atoms with Crippen LogP contribution in [0.2, 0.25) is 0 Å². The molecular formula is C14H30. The van der Waals surface area contributed by atoms with Crippen molar-refractivity contribution in [3.05, 3.63) is 0 Å². The molecule has 0 aromatic carbocycles. The van der Waals surface area contributed by atoms with Crippen LogP contribution in [0.1, 0.15) is 67.2 Å². The van der Waals surface area contributed by atoms with Crippen LogP contribution in [0, 0.1) is 23.7 Å². The van der Waals surface area contributed by atoms with Crippen LogP contribution in [0.25, 0.3) is 0 Å². The maximum absolute atomic E-state index is 2.44. The maximum Gasteiger partial charge on any atom is -0.0384 e. The fraction of sp³-hybridized carbons (Fsp3) is 1.00. The minimum atomic E-state index is 0.843. The Morgan fingerprint density at radius 3 is 1.86 bits per heavy atom. The smallest absolute Gasteiger partial charge is 0.0384 e. The van der Waals surface area contributed by atoms with E-state index >= 15 is 0 Å². The molecule has 0 nitrogen and oxygen atoms in total. The molecule has 0 aromatic rings. The lowest BCUT2D eigenvalue weighted by atomic mass is 9.77. The van der Waals surface area contributed by atoms with Crippen LogP contribution in [0.15, 0.2) is 0 Å². The molecule has 0 amide bonds. The van der Waals surface area contributed by atoms with E-state index < -0.39 is 0 Å². The summed E-state index contributed by atoms with van der Waals surface area (Å²) in [5.41, 5.74) is 0. The van der Waals surface area contributed by atoms with Gasteiger partial charge in [-0.3, -0.25) is 0 Å². The largest absolute Gasteiger partial charge is 0.0654 e. The molecule has 0 radical (unpaired) electrons. The van der Waals surface area contributed by atoms with E-state index in [2.05, 4.69) is 41.5 Å². The summed E-state index contributed by atoms with van der Waals surface area (Å²) in [7, 11) is 0. The van der Waals surface area contributed by atoms with Gasteiger partial charge >= 0.3 is 0 Å². The summed E-state index contributed by atoms with van der Waals surface area (Å²) in [6.07, 6.45) is 5.54. The molecule has 0 aromatic heterocycles. The molecule has 0 saturated heterocycles. The molecule has 0 heteroatoms. The minimum Gasteiger partial charge on any atom is -0.0654 e. The van der Waals surface area contributed by atoms with Crippen molar-refractivity contribution >= 4 is 0 Å². The molecule has 0 heterocycles. The quantitative estimate of drug-likeness (QED) is 0.532. The van der Waals surface area contributed by atoms with Crippen molar-refractivity contribution in [2.45, 2.75) is 67.2 Å². The molecule has 0 N–H and O–H groups in total. The van der Waals surface area contributed by atoms with Crippen LogP contribution in [-0.2, 0) is 0 Å². The maximum atomic E-state index is 2.44. The normalized spacial score (nSPS) is 18.2. The Kier molecular flexibility index (Phi) is 7.31. The van der Waals surface area contributed by atoms with E-state index in [1.807, 2.05) is 0 Å². The van der Waals surface area contributed by atoms with E-state index in [1.165, 1.54) is 25.7 Å². The molecule has 0 rings (SSSR count). The Labute approximate surface area is 91.5 Å². The van der Waals surface area contributed by atoms with Crippen molar-refractivity contribution in [1.82, 2.24) is 0 Å². The summed E-state index contributed by atoms with van der Waals surface area (Å²) in [5.74, 6) is 3.60. The van der Waals surface area contributed by atoms with Gasteiger partial charge in [-0.2, -0.15) is 0 Å². The topological polar surface area (TPSA) is 0 Å². The molecule has 0 fully saturated rings. The van der Waals surface area contributed by atoms with Gasteiger partial charge in [0.25, 0.3) is 0 Å². The Morgan fingerprint density at radius 2 is 1.50 bits per heavy atom. The minimum absolute atomic E-state index is 0.843. The number of hydrogen-bond acceptors (Lipinski definition) is 0. The van der Waals surface area contributed by atoms with Gasteiger partial charge in [0, 0.05) is 0 Å². The highest BCUT2D eigenvalue weighted by Gasteiger charge is 2.20. The van der Waals surface area contributed by atoms with E-state index in [1.54, 1.807) is 0 Å². The van der Waals surface area contributed by atoms with Gasteiger partial charge < -0.3 is 0 Å². The van der Waals surface area contributed by atoms with Gasteiger partial charge in [-0.25, -0.2) is 0 Å². The summed E-state index contributed by atoms with van der Waals surface area (Å²) in [6.45, 7) is 14.2. The van der Waals surface area contributed by atoms with Gasteiger partial charge in [0.05, 0.1) is 0 Å². The van der Waals surface area contributed by atoms with E-state index in [9.17, 15) is 0 Å². The Hall–Kier alpha value is 0. The molecule has 0 aliphatic rings. The number of rotatable bonds is 7. The molecular weight excluding hydrogens is 168 g/mol. The second kappa shape index (κ2) is 7.31. The summed E-state index contributed by atoms with van der Waals surface area (Å²) >= 11 is 0. The predicted molar refractivity (Wildman–Crippen MR) is 66.5 cm³/mol. The Morgan fingerprint density at radius 1 is 0.929 bits per heavy atom. The lowest BCUT2D eigenvalue weighted by Crippen LogP contribution is -2.19. The first kappa shape index (κ1) is 14.0. The monoisotopic (exact) mass is 198 g/mol. The van der Waals surface area contributed by atoms with Crippen LogP contribution in [0.5, 0.6) is 0 Å². The third kappa shape index (κ3) is 5.02. The molecule has 0 aliphatic carbocycles. The summed E-state index contributed by atoms with van der Waals surface area (Å²) in [5, 5.41) is 0. The van der Waals surface area contributed by atoms with Crippen LogP contribution in [-0.4, -0.2) is 0 Å². The molecule has 0 aliphatic heterocycles. The zero-order chi connectivity index (χ0) is 11.1. The lowest BCUT2D eigenvalue weighted by Gasteiger charge is -2.29. The molecule has 86 valence electrons. The first-order valence-corrected chi connectivity index (χ1v) is 6.52. The first-order chi connectivity index (χ1) is 6.52. The predicted octanol–water partition coefficient (Wildman–Crippen LogP) is 5.13. The van der Waals surface area contributed by atoms with E-state index in [0.717, 1.165) is 23.7 Å². The standard InChI is InChI=1S/C14H30/c1-7-9-14(10-12(5)8-2)13(6)11(3)4/h11-14H,7-10H2,1-6H3. The van der Waals surface area contributed by atoms with Gasteiger partial charge in [0.1, 0.15) is 0 Å². The summed E-state index contributed by atoms with van der Waals surface area (Å²) < 4.78 is 0. The average molecular weight is 198 g/mol. The lowest BCUT2D eigenvalue weighted by molar-refractivity contribution is 0.218. The second-order valence-corrected chi connectivity index (χ2v) is 5.40. The van der Waals surface area contributed by atoms with Crippen molar-refractivity contribution in [2.75, 3.05) is 0 Å². The van der Waals surface area contributed by atoms with Crippen LogP contribution >= 0.6 is 0 Å². The van der Waals surface area contributed by atoms with Crippen molar-refractivity contribution in [3.63, 3.8) is 0 Å². The highest BCUT2D eigenvalue weighted by molar-refractivity contribution is 4.71. The number of hydrogen-bond donors (Lipinski definition) is 0. The molecule has 14 heavy (non-hydrogen) atoms. The van der Waals surface area contributed by atoms with Crippen molar-refractivity contribution in [3.8, 4) is 0 Å². The molecule has 0 bridgehead atoms. The molecule has 3 unspecified atom stereocenters. The summed E-state index contributed by atoms with van der Waals surface area (Å²) in [4.78, 5) is 0. The highest BCUT2D eigenvalue weighted by Crippen LogP contribution is 2.30. The van der Waals surface area contributed by atoms with Gasteiger partial charge in [-0.15, -0.1) is 0 Å². The Balaban J connectivity index is 4.13. The SMILES string of the molecule is CCCC(CC(C)CC)C(C)C(C)C. The Bertz CT molecular complexity index is 126. The van der Waals surface area contributed by atoms with Gasteiger partial charge in [0.15, 0.2) is 0 Å². The molecule has 0 saturated carbocycles. The third-order valence-electron chi connectivity index (χ3n) is 3.86. The zero-order valence-electron chi connectivity index (χ0n) is 11.1. The highest BCUT2D eigenvalue weighted by atomic mass is 14.3. The average Bonchev–Trinajstić information content (AvgIpc) is 2.15. The fourth-order valence-electron chi connectivity index (χ4n) is 2.19. The molecule has 0 spiro atoms. The van der Waals surface area contributed by atoms with Crippen molar-refractivity contribution in [2.24, 2.45) is 23.7 Å². The van der Waals surface area contributed by atoms with Crippen LogP contribution < -0.4 is 0 Å². The van der Waals surface area contributed by atoms with E-state index in [-0.39, 0.29) is 0 Å². The summed E-state index contributed by atoms with van der Waals surface area (Å²) in [6, 6.07) is 0. The van der Waals surface area contributed by atoms with Gasteiger partial charge in [-0.05, 0) is 30.1 Å². The fourth-order valence-corrected chi connectivity index (χ4v) is 2.19.